The van der Waals surface area contributed by atoms with Gasteiger partial charge in [0.1, 0.15) is 0 Å². The Morgan fingerprint density at radius 3 is 2.80 bits per heavy atom. The number of nitrogens with zero attached hydrogens (tertiary/aromatic N) is 6. The minimum atomic E-state index is 0.166. The Hall–Kier alpha value is -1.54. The van der Waals surface area contributed by atoms with E-state index in [-0.39, 0.29) is 6.04 Å². The van der Waals surface area contributed by atoms with Crippen LogP contribution in [0.2, 0.25) is 0 Å². The zero-order chi connectivity index (χ0) is 13.9. The van der Waals surface area contributed by atoms with Crippen molar-refractivity contribution in [3.8, 4) is 0 Å². The Morgan fingerprint density at radius 2 is 2.15 bits per heavy atom. The van der Waals surface area contributed by atoms with E-state index in [9.17, 15) is 0 Å². The lowest BCUT2D eigenvalue weighted by atomic mass is 10.1. The van der Waals surface area contributed by atoms with Gasteiger partial charge in [0, 0.05) is 18.4 Å². The highest BCUT2D eigenvalue weighted by atomic mass is 32.2. The molecule has 0 amide bonds. The molecule has 3 rings (SSSR count). The highest BCUT2D eigenvalue weighted by Crippen LogP contribution is 2.37. The van der Waals surface area contributed by atoms with E-state index in [4.69, 9.17) is 5.73 Å². The summed E-state index contributed by atoms with van der Waals surface area (Å²) in [6.45, 7) is 2.08. The summed E-state index contributed by atoms with van der Waals surface area (Å²) in [5.41, 5.74) is 6.98. The molecule has 2 heterocycles. The van der Waals surface area contributed by atoms with Gasteiger partial charge in [-0.2, -0.15) is 0 Å². The molecule has 0 saturated heterocycles. The van der Waals surface area contributed by atoms with E-state index >= 15 is 0 Å². The van der Waals surface area contributed by atoms with Crippen LogP contribution in [-0.2, 0) is 6.42 Å². The Morgan fingerprint density at radius 1 is 1.40 bits per heavy atom. The van der Waals surface area contributed by atoms with Gasteiger partial charge in [-0.05, 0) is 53.4 Å². The third kappa shape index (κ3) is 3.13. The molecule has 2 N–H and O–H groups in total. The van der Waals surface area contributed by atoms with Gasteiger partial charge in [0.25, 0.3) is 0 Å². The fourth-order valence-electron chi connectivity index (χ4n) is 1.83. The Kier molecular flexibility index (Phi) is 3.93. The van der Waals surface area contributed by atoms with E-state index in [0.717, 1.165) is 36.4 Å². The van der Waals surface area contributed by atoms with Gasteiger partial charge in [0.2, 0.25) is 5.16 Å². The third-order valence-corrected chi connectivity index (χ3v) is 4.09. The molecule has 20 heavy (non-hydrogen) atoms. The Balaban J connectivity index is 1.67. The maximum absolute atomic E-state index is 5.92. The maximum Gasteiger partial charge on any atom is 0.217 e. The van der Waals surface area contributed by atoms with Crippen LogP contribution in [0.3, 0.4) is 0 Å². The van der Waals surface area contributed by atoms with Crippen molar-refractivity contribution in [2.75, 3.05) is 0 Å². The molecule has 1 unspecified atom stereocenters. The standard InChI is InChI=1S/C12H17N7S/c1-2-9(13)5-8-6-14-11(15-7-8)20-12-16-17-18-19(12)10-3-4-10/h6-7,9-10H,2-5,13H2,1H3. The molecule has 1 aliphatic rings. The molecule has 1 atom stereocenters. The first-order valence-corrected chi connectivity index (χ1v) is 7.60. The van der Waals surface area contributed by atoms with Crippen molar-refractivity contribution >= 4 is 11.8 Å². The summed E-state index contributed by atoms with van der Waals surface area (Å²) in [6, 6.07) is 0.619. The molecule has 0 spiro atoms. The zero-order valence-corrected chi connectivity index (χ0v) is 12.1. The lowest BCUT2D eigenvalue weighted by Gasteiger charge is -2.07. The summed E-state index contributed by atoms with van der Waals surface area (Å²) in [4.78, 5) is 8.70. The maximum atomic E-state index is 5.92. The van der Waals surface area contributed by atoms with Gasteiger partial charge in [0.05, 0.1) is 6.04 Å². The zero-order valence-electron chi connectivity index (χ0n) is 11.3. The number of hydrogen-bond donors (Lipinski definition) is 1. The lowest BCUT2D eigenvalue weighted by Crippen LogP contribution is -2.21. The van der Waals surface area contributed by atoms with Gasteiger partial charge in [-0.1, -0.05) is 6.92 Å². The number of nitrogens with two attached hydrogens (primary N) is 1. The molecule has 0 aliphatic heterocycles. The molecular weight excluding hydrogens is 274 g/mol. The monoisotopic (exact) mass is 291 g/mol. The highest BCUT2D eigenvalue weighted by Gasteiger charge is 2.28. The molecule has 2 aromatic rings. The Labute approximate surface area is 121 Å². The van der Waals surface area contributed by atoms with Gasteiger partial charge >= 0.3 is 0 Å². The quantitative estimate of drug-likeness (QED) is 0.800. The minimum absolute atomic E-state index is 0.166. The molecule has 0 bridgehead atoms. The fourth-order valence-corrected chi connectivity index (χ4v) is 2.56. The number of rotatable bonds is 6. The van der Waals surface area contributed by atoms with Crippen molar-refractivity contribution in [2.45, 2.75) is 55.0 Å². The third-order valence-electron chi connectivity index (χ3n) is 3.24. The average Bonchev–Trinajstić information content (AvgIpc) is 3.21. The predicted molar refractivity (Wildman–Crippen MR) is 74.2 cm³/mol. The fraction of sp³-hybridized carbons (Fsp3) is 0.583. The van der Waals surface area contributed by atoms with Crippen LogP contribution in [0.5, 0.6) is 0 Å². The van der Waals surface area contributed by atoms with Crippen LogP contribution in [0.15, 0.2) is 22.7 Å². The largest absolute Gasteiger partial charge is 0.327 e. The topological polar surface area (TPSA) is 95.4 Å². The van der Waals surface area contributed by atoms with Crippen LogP contribution in [0, 0.1) is 0 Å². The van der Waals surface area contributed by atoms with E-state index in [1.165, 1.54) is 11.8 Å². The second kappa shape index (κ2) is 5.84. The molecular formula is C12H17N7S. The van der Waals surface area contributed by atoms with Gasteiger partial charge in [-0.3, -0.25) is 0 Å². The Bertz CT molecular complexity index is 563. The van der Waals surface area contributed by atoms with Crippen molar-refractivity contribution in [1.82, 2.24) is 30.2 Å². The molecule has 106 valence electrons. The van der Waals surface area contributed by atoms with Crippen LogP contribution in [0.25, 0.3) is 0 Å². The average molecular weight is 291 g/mol. The minimum Gasteiger partial charge on any atom is -0.327 e. The summed E-state index contributed by atoms with van der Waals surface area (Å²) >= 11 is 1.40. The normalized spacial score (nSPS) is 16.3. The molecule has 1 fully saturated rings. The summed E-state index contributed by atoms with van der Waals surface area (Å²) in [6.07, 6.45) is 7.71. The molecule has 1 saturated carbocycles. The van der Waals surface area contributed by atoms with Crippen LogP contribution < -0.4 is 5.73 Å². The van der Waals surface area contributed by atoms with Crippen molar-refractivity contribution in [2.24, 2.45) is 5.73 Å². The lowest BCUT2D eigenvalue weighted by molar-refractivity contribution is 0.565. The first-order chi connectivity index (χ1) is 9.76. The van der Waals surface area contributed by atoms with Crippen LogP contribution in [0.1, 0.15) is 37.8 Å². The molecule has 8 heteroatoms. The first-order valence-electron chi connectivity index (χ1n) is 6.78. The molecule has 2 aromatic heterocycles. The second-order valence-electron chi connectivity index (χ2n) is 4.99. The van der Waals surface area contributed by atoms with Crippen LogP contribution in [0.4, 0.5) is 0 Å². The smallest absolute Gasteiger partial charge is 0.217 e. The van der Waals surface area contributed by atoms with E-state index in [1.54, 1.807) is 0 Å². The van der Waals surface area contributed by atoms with E-state index < -0.39 is 0 Å². The van der Waals surface area contributed by atoms with Gasteiger partial charge in [-0.25, -0.2) is 14.6 Å². The number of aromatic nitrogens is 6. The summed E-state index contributed by atoms with van der Waals surface area (Å²) in [5, 5.41) is 13.2. The van der Waals surface area contributed by atoms with Crippen molar-refractivity contribution < 1.29 is 0 Å². The SMILES string of the molecule is CCC(N)Cc1cnc(Sc2nnnn2C2CC2)nc1. The highest BCUT2D eigenvalue weighted by molar-refractivity contribution is 7.99. The summed E-state index contributed by atoms with van der Waals surface area (Å²) in [5.74, 6) is 0. The van der Waals surface area contributed by atoms with Crippen LogP contribution >= 0.6 is 11.8 Å². The van der Waals surface area contributed by atoms with Crippen molar-refractivity contribution in [3.63, 3.8) is 0 Å². The molecule has 7 nitrogen and oxygen atoms in total. The van der Waals surface area contributed by atoms with Gasteiger partial charge in [-0.15, -0.1) is 5.10 Å². The van der Waals surface area contributed by atoms with E-state index in [0.29, 0.717) is 11.2 Å². The van der Waals surface area contributed by atoms with Crippen molar-refractivity contribution in [1.29, 1.82) is 0 Å². The summed E-state index contributed by atoms with van der Waals surface area (Å²) in [7, 11) is 0. The second-order valence-corrected chi connectivity index (χ2v) is 5.92. The molecule has 0 radical (unpaired) electrons. The van der Waals surface area contributed by atoms with E-state index in [2.05, 4.69) is 32.4 Å². The molecule has 1 aliphatic carbocycles. The van der Waals surface area contributed by atoms with Crippen LogP contribution in [-0.4, -0.2) is 36.2 Å². The number of hydrogen-bond acceptors (Lipinski definition) is 7. The van der Waals surface area contributed by atoms with Gasteiger partial charge in [0.15, 0.2) is 5.16 Å². The summed E-state index contributed by atoms with van der Waals surface area (Å²) < 4.78 is 1.86. The first kappa shape index (κ1) is 13.4. The van der Waals surface area contributed by atoms with Crippen molar-refractivity contribution in [3.05, 3.63) is 18.0 Å². The molecule has 0 aromatic carbocycles. The predicted octanol–water partition coefficient (Wildman–Crippen LogP) is 1.23. The van der Waals surface area contributed by atoms with Gasteiger partial charge < -0.3 is 5.73 Å². The number of tetrazole rings is 1. The van der Waals surface area contributed by atoms with E-state index in [1.807, 2.05) is 17.1 Å².